The molecule has 1 fully saturated rings. The van der Waals surface area contributed by atoms with Crippen molar-refractivity contribution in [3.05, 3.63) is 95.2 Å². The van der Waals surface area contributed by atoms with Crippen LogP contribution in [0.25, 0.3) is 5.65 Å². The first kappa shape index (κ1) is 25.4. The van der Waals surface area contributed by atoms with Crippen molar-refractivity contribution in [1.82, 2.24) is 19.6 Å². The molecular formula is C29H31FN6O2. The van der Waals surface area contributed by atoms with E-state index in [9.17, 15) is 9.18 Å². The van der Waals surface area contributed by atoms with Gasteiger partial charge in [-0.1, -0.05) is 13.0 Å². The maximum atomic E-state index is 14.5. The fourth-order valence-electron chi connectivity index (χ4n) is 5.21. The van der Waals surface area contributed by atoms with Crippen molar-refractivity contribution in [3.8, 4) is 5.75 Å². The second kappa shape index (κ2) is 10.6. The Morgan fingerprint density at radius 1 is 1.21 bits per heavy atom. The molecule has 4 aromatic rings. The van der Waals surface area contributed by atoms with Crippen LogP contribution in [0.2, 0.25) is 0 Å². The van der Waals surface area contributed by atoms with Gasteiger partial charge in [0.2, 0.25) is 0 Å². The van der Waals surface area contributed by atoms with E-state index in [-0.39, 0.29) is 23.5 Å². The molecule has 4 N–H and O–H groups in total. The molecule has 1 aliphatic rings. The first-order chi connectivity index (χ1) is 18.3. The second-order valence-electron chi connectivity index (χ2n) is 9.91. The molecule has 5 rings (SSSR count). The van der Waals surface area contributed by atoms with E-state index in [2.05, 4.69) is 22.1 Å². The van der Waals surface area contributed by atoms with Gasteiger partial charge < -0.3 is 20.2 Å². The minimum absolute atomic E-state index is 0.104. The lowest BCUT2D eigenvalue weighted by atomic mass is 9.94. The maximum absolute atomic E-state index is 14.5. The standard InChI is InChI=1S/C29H31FN6O2/c1-18-12-21(16-35(14-18)17-23-24(30)4-3-5-26(23)38-2)34-29(37)19-6-8-25(31)22(13-19)28(32)20-7-9-27-33-10-11-36(27)15-20/h3-11,13,15,18,21,32H,12,14,16-17,31H2,1-2H3,(H,34,37)/t18-,21+/m0/s1. The van der Waals surface area contributed by atoms with Crippen LogP contribution in [0.4, 0.5) is 10.1 Å². The number of nitrogens with zero attached hydrogens (tertiary/aromatic N) is 3. The highest BCUT2D eigenvalue weighted by Crippen LogP contribution is 2.26. The summed E-state index contributed by atoms with van der Waals surface area (Å²) in [6.07, 6.45) is 6.15. The molecule has 196 valence electrons. The normalized spacial score (nSPS) is 17.9. The molecule has 0 aliphatic carbocycles. The van der Waals surface area contributed by atoms with E-state index >= 15 is 0 Å². The van der Waals surface area contributed by atoms with E-state index in [0.717, 1.165) is 18.6 Å². The number of aromatic nitrogens is 2. The van der Waals surface area contributed by atoms with Crippen molar-refractivity contribution >= 4 is 23.0 Å². The number of nitrogen functional groups attached to an aromatic ring is 1. The van der Waals surface area contributed by atoms with Crippen molar-refractivity contribution in [3.63, 3.8) is 0 Å². The zero-order valence-corrected chi connectivity index (χ0v) is 21.4. The van der Waals surface area contributed by atoms with E-state index in [1.807, 2.05) is 28.9 Å². The number of methoxy groups -OCH3 is 1. The van der Waals surface area contributed by atoms with Gasteiger partial charge in [-0.05, 0) is 54.8 Å². The van der Waals surface area contributed by atoms with Crippen molar-refractivity contribution in [2.24, 2.45) is 5.92 Å². The molecule has 0 radical (unpaired) electrons. The first-order valence-electron chi connectivity index (χ1n) is 12.6. The average molecular weight is 515 g/mol. The van der Waals surface area contributed by atoms with Gasteiger partial charge in [-0.2, -0.15) is 0 Å². The van der Waals surface area contributed by atoms with Crippen LogP contribution in [0.1, 0.15) is 40.4 Å². The molecule has 3 heterocycles. The Morgan fingerprint density at radius 3 is 2.84 bits per heavy atom. The number of ether oxygens (including phenoxy) is 1. The van der Waals surface area contributed by atoms with Gasteiger partial charge in [-0.15, -0.1) is 0 Å². The summed E-state index contributed by atoms with van der Waals surface area (Å²) < 4.78 is 21.7. The fraction of sp³-hybridized carbons (Fsp3) is 0.276. The quantitative estimate of drug-likeness (QED) is 0.254. The first-order valence-corrected chi connectivity index (χ1v) is 12.6. The number of pyridine rings is 1. The van der Waals surface area contributed by atoms with Gasteiger partial charge in [0.15, 0.2) is 0 Å². The fourth-order valence-corrected chi connectivity index (χ4v) is 5.21. The minimum Gasteiger partial charge on any atom is -0.496 e. The second-order valence-corrected chi connectivity index (χ2v) is 9.91. The lowest BCUT2D eigenvalue weighted by Crippen LogP contribution is -2.50. The van der Waals surface area contributed by atoms with Crippen LogP contribution in [0.5, 0.6) is 5.75 Å². The van der Waals surface area contributed by atoms with E-state index < -0.39 is 0 Å². The van der Waals surface area contributed by atoms with Gasteiger partial charge in [-0.3, -0.25) is 15.1 Å². The number of piperidine rings is 1. The number of carbonyl (C=O) groups is 1. The molecule has 0 bridgehead atoms. The van der Waals surface area contributed by atoms with Crippen LogP contribution in [0.15, 0.2) is 67.1 Å². The number of nitrogens with two attached hydrogens (primary N) is 1. The Bertz CT molecular complexity index is 1500. The number of fused-ring (bicyclic) bond motifs is 1. The van der Waals surface area contributed by atoms with Crippen LogP contribution in [0, 0.1) is 17.1 Å². The van der Waals surface area contributed by atoms with Crippen LogP contribution in [-0.2, 0) is 6.54 Å². The summed E-state index contributed by atoms with van der Waals surface area (Å²) in [5.74, 6) is 0.312. The number of hydrogen-bond donors (Lipinski definition) is 3. The molecule has 0 saturated carbocycles. The molecule has 9 heteroatoms. The lowest BCUT2D eigenvalue weighted by Gasteiger charge is -2.37. The lowest BCUT2D eigenvalue weighted by molar-refractivity contribution is 0.0867. The molecular weight excluding hydrogens is 483 g/mol. The molecule has 1 saturated heterocycles. The van der Waals surface area contributed by atoms with E-state index in [1.165, 1.54) is 13.2 Å². The predicted molar refractivity (Wildman–Crippen MR) is 145 cm³/mol. The van der Waals surface area contributed by atoms with Gasteiger partial charge in [-0.25, -0.2) is 9.37 Å². The highest BCUT2D eigenvalue weighted by atomic mass is 19.1. The third-order valence-electron chi connectivity index (χ3n) is 7.01. The Balaban J connectivity index is 1.31. The monoisotopic (exact) mass is 514 g/mol. The Labute approximate surface area is 220 Å². The van der Waals surface area contributed by atoms with Crippen molar-refractivity contribution in [2.75, 3.05) is 25.9 Å². The highest BCUT2D eigenvalue weighted by Gasteiger charge is 2.28. The average Bonchev–Trinajstić information content (AvgIpc) is 3.37. The SMILES string of the molecule is COc1cccc(F)c1CN1C[C@@H](C)C[C@@H](NC(=O)c2ccc(N)c(C(=N)c3ccc4nccn4c3)c2)C1. The summed E-state index contributed by atoms with van der Waals surface area (Å²) in [6, 6.07) is 13.4. The number of carbonyl (C=O) groups excluding carboxylic acids is 1. The van der Waals surface area contributed by atoms with Crippen molar-refractivity contribution in [2.45, 2.75) is 25.9 Å². The Kier molecular flexibility index (Phi) is 7.11. The number of imidazole rings is 1. The largest absolute Gasteiger partial charge is 0.496 e. The predicted octanol–water partition coefficient (Wildman–Crippen LogP) is 4.12. The summed E-state index contributed by atoms with van der Waals surface area (Å²) in [6.45, 7) is 3.92. The van der Waals surface area contributed by atoms with Gasteiger partial charge >= 0.3 is 0 Å². The highest BCUT2D eigenvalue weighted by molar-refractivity contribution is 6.14. The number of halogens is 1. The Morgan fingerprint density at radius 2 is 2.03 bits per heavy atom. The molecule has 1 amide bonds. The Hall–Kier alpha value is -4.24. The van der Waals surface area contributed by atoms with Crippen molar-refractivity contribution in [1.29, 1.82) is 5.41 Å². The van der Waals surface area contributed by atoms with Crippen LogP contribution in [0.3, 0.4) is 0 Å². The molecule has 0 spiro atoms. The molecule has 2 aromatic carbocycles. The molecule has 38 heavy (non-hydrogen) atoms. The summed E-state index contributed by atoms with van der Waals surface area (Å²) in [4.78, 5) is 19.7. The van der Waals surface area contributed by atoms with Crippen LogP contribution >= 0.6 is 0 Å². The number of amides is 1. The molecule has 2 atom stereocenters. The number of benzene rings is 2. The third-order valence-corrected chi connectivity index (χ3v) is 7.01. The molecule has 0 unspecified atom stereocenters. The third kappa shape index (κ3) is 5.24. The number of anilines is 1. The molecule has 8 nitrogen and oxygen atoms in total. The number of hydrogen-bond acceptors (Lipinski definition) is 6. The van der Waals surface area contributed by atoms with Crippen LogP contribution in [-0.4, -0.2) is 52.1 Å². The maximum Gasteiger partial charge on any atom is 0.251 e. The number of likely N-dealkylation sites (tertiary alicyclic amines) is 1. The van der Waals surface area contributed by atoms with Gasteiger partial charge in [0.1, 0.15) is 17.2 Å². The van der Waals surface area contributed by atoms with Crippen LogP contribution < -0.4 is 15.8 Å². The van der Waals surface area contributed by atoms with Gasteiger partial charge in [0.25, 0.3) is 5.91 Å². The van der Waals surface area contributed by atoms with Crippen molar-refractivity contribution < 1.29 is 13.9 Å². The summed E-state index contributed by atoms with van der Waals surface area (Å²) in [5, 5.41) is 11.9. The molecule has 2 aromatic heterocycles. The smallest absolute Gasteiger partial charge is 0.251 e. The zero-order chi connectivity index (χ0) is 26.8. The number of nitrogens with one attached hydrogen (secondary N) is 2. The summed E-state index contributed by atoms with van der Waals surface area (Å²) >= 11 is 0. The van der Waals surface area contributed by atoms with E-state index in [1.54, 1.807) is 36.5 Å². The summed E-state index contributed by atoms with van der Waals surface area (Å²) in [5.41, 5.74) is 9.75. The minimum atomic E-state index is -0.299. The molecule has 1 aliphatic heterocycles. The van der Waals surface area contributed by atoms with E-state index in [0.29, 0.717) is 52.7 Å². The zero-order valence-electron chi connectivity index (χ0n) is 21.4. The summed E-state index contributed by atoms with van der Waals surface area (Å²) in [7, 11) is 1.54. The van der Waals surface area contributed by atoms with Gasteiger partial charge in [0, 0.05) is 72.2 Å². The van der Waals surface area contributed by atoms with Gasteiger partial charge in [0.05, 0.1) is 12.8 Å². The van der Waals surface area contributed by atoms with E-state index in [4.69, 9.17) is 15.9 Å². The number of rotatable bonds is 7. The topological polar surface area (TPSA) is 109 Å².